The summed E-state index contributed by atoms with van der Waals surface area (Å²) in [5.74, 6) is 0.867. The molecule has 2 rings (SSSR count). The van der Waals surface area contributed by atoms with Crippen molar-refractivity contribution in [1.29, 1.82) is 0 Å². The fourth-order valence-corrected chi connectivity index (χ4v) is 5.04. The Hall–Kier alpha value is -3.14. The van der Waals surface area contributed by atoms with Gasteiger partial charge < -0.3 is 10.1 Å². The van der Waals surface area contributed by atoms with Gasteiger partial charge in [-0.15, -0.1) is 0 Å². The molecule has 0 heterocycles. The second-order valence-electron chi connectivity index (χ2n) is 9.06. The van der Waals surface area contributed by atoms with Gasteiger partial charge in [0, 0.05) is 25.1 Å². The van der Waals surface area contributed by atoms with Crippen LogP contribution in [0.15, 0.2) is 30.3 Å². The van der Waals surface area contributed by atoms with Gasteiger partial charge in [-0.3, -0.25) is 19.2 Å². The van der Waals surface area contributed by atoms with Gasteiger partial charge in [0.15, 0.2) is 0 Å². The summed E-state index contributed by atoms with van der Waals surface area (Å²) in [6.07, 6.45) is 1.41. The second kappa shape index (κ2) is 11.5. The zero-order valence-electron chi connectivity index (χ0n) is 21.4. The van der Waals surface area contributed by atoms with Crippen molar-refractivity contribution >= 4 is 27.3 Å². The van der Waals surface area contributed by atoms with E-state index in [1.54, 1.807) is 14.0 Å². The molecule has 1 amide bonds. The Bertz CT molecular complexity index is 1190. The molecule has 2 aromatic carbocycles. The minimum atomic E-state index is -3.70. The lowest BCUT2D eigenvalue weighted by molar-refractivity contribution is -0.384. The molecule has 0 radical (unpaired) electrons. The predicted molar refractivity (Wildman–Crippen MR) is 138 cm³/mol. The van der Waals surface area contributed by atoms with E-state index < -0.39 is 14.9 Å². The molecule has 0 spiro atoms. The minimum absolute atomic E-state index is 0.0295. The number of ether oxygens (including phenoxy) is 1. The van der Waals surface area contributed by atoms with Gasteiger partial charge in [-0.05, 0) is 67.5 Å². The standard InChI is InChI=1S/C25H35N3O6S/c1-16(2)21-15-22(18(4)13-24(21)34-6)19(5)26-25(29)9-8-12-27(35(7,32)33)23-14-20(28(30)31)11-10-17(23)3/h10-11,13-16,19H,8-9,12H2,1-7H3,(H,26,29)/t19-/m1/s1. The van der Waals surface area contributed by atoms with Crippen LogP contribution in [-0.4, -0.2) is 39.2 Å². The summed E-state index contributed by atoms with van der Waals surface area (Å²) in [4.78, 5) is 23.3. The van der Waals surface area contributed by atoms with Crippen molar-refractivity contribution in [2.75, 3.05) is 24.2 Å². The summed E-state index contributed by atoms with van der Waals surface area (Å²) in [5.41, 5.74) is 3.70. The zero-order valence-corrected chi connectivity index (χ0v) is 22.2. The molecule has 0 bridgehead atoms. The third-order valence-corrected chi connectivity index (χ3v) is 7.10. The number of nitro groups is 1. The number of rotatable bonds is 11. The molecule has 0 saturated heterocycles. The van der Waals surface area contributed by atoms with Gasteiger partial charge in [-0.25, -0.2) is 8.42 Å². The van der Waals surface area contributed by atoms with Gasteiger partial charge in [-0.2, -0.15) is 0 Å². The van der Waals surface area contributed by atoms with Crippen molar-refractivity contribution in [3.05, 3.63) is 62.7 Å². The maximum absolute atomic E-state index is 12.7. The molecule has 9 nitrogen and oxygen atoms in total. The van der Waals surface area contributed by atoms with Crippen molar-refractivity contribution in [2.45, 2.75) is 59.4 Å². The maximum Gasteiger partial charge on any atom is 0.271 e. The van der Waals surface area contributed by atoms with Gasteiger partial charge >= 0.3 is 0 Å². The predicted octanol–water partition coefficient (Wildman–Crippen LogP) is 4.77. The number of carbonyl (C=O) groups excluding carboxylic acids is 1. The van der Waals surface area contributed by atoms with Crippen LogP contribution in [0, 0.1) is 24.0 Å². The lowest BCUT2D eigenvalue weighted by Crippen LogP contribution is -2.33. The van der Waals surface area contributed by atoms with E-state index in [-0.39, 0.29) is 48.6 Å². The molecule has 0 aliphatic rings. The van der Waals surface area contributed by atoms with Crippen LogP contribution in [0.4, 0.5) is 11.4 Å². The maximum atomic E-state index is 12.7. The van der Waals surface area contributed by atoms with Crippen LogP contribution in [0.2, 0.25) is 0 Å². The number of anilines is 1. The van der Waals surface area contributed by atoms with Crippen molar-refractivity contribution in [3.8, 4) is 5.75 Å². The number of nitro benzene ring substituents is 1. The van der Waals surface area contributed by atoms with Crippen molar-refractivity contribution in [2.24, 2.45) is 0 Å². The number of sulfonamides is 1. The van der Waals surface area contributed by atoms with E-state index in [4.69, 9.17) is 4.74 Å². The molecular formula is C25H35N3O6S. The monoisotopic (exact) mass is 505 g/mol. The number of nitrogens with one attached hydrogen (secondary N) is 1. The Labute approximate surface area is 207 Å². The lowest BCUT2D eigenvalue weighted by Gasteiger charge is -2.24. The molecule has 0 fully saturated rings. The number of nitrogens with zero attached hydrogens (tertiary/aromatic N) is 2. The van der Waals surface area contributed by atoms with Crippen molar-refractivity contribution in [1.82, 2.24) is 5.32 Å². The number of carbonyl (C=O) groups is 1. The number of amides is 1. The summed E-state index contributed by atoms with van der Waals surface area (Å²) >= 11 is 0. The number of aryl methyl sites for hydroxylation is 2. The van der Waals surface area contributed by atoms with Gasteiger partial charge in [-0.1, -0.05) is 19.9 Å². The number of hydrogen-bond donors (Lipinski definition) is 1. The fraction of sp³-hybridized carbons (Fsp3) is 0.480. The Morgan fingerprint density at radius 3 is 2.31 bits per heavy atom. The summed E-state index contributed by atoms with van der Waals surface area (Å²) in [6, 6.07) is 7.88. The molecular weight excluding hydrogens is 470 g/mol. The summed E-state index contributed by atoms with van der Waals surface area (Å²) < 4.78 is 31.5. The topological polar surface area (TPSA) is 119 Å². The van der Waals surface area contributed by atoms with Crippen LogP contribution in [0.1, 0.15) is 67.8 Å². The molecule has 10 heteroatoms. The first-order chi connectivity index (χ1) is 16.3. The van der Waals surface area contributed by atoms with Crippen molar-refractivity contribution < 1.29 is 22.9 Å². The van der Waals surface area contributed by atoms with Crippen LogP contribution >= 0.6 is 0 Å². The van der Waals surface area contributed by atoms with Crippen LogP contribution < -0.4 is 14.4 Å². The van der Waals surface area contributed by atoms with E-state index in [2.05, 4.69) is 25.2 Å². The van der Waals surface area contributed by atoms with Gasteiger partial charge in [0.1, 0.15) is 5.75 Å². The average Bonchev–Trinajstić information content (AvgIpc) is 2.75. The zero-order chi connectivity index (χ0) is 26.5. The van der Waals surface area contributed by atoms with E-state index in [0.29, 0.717) is 5.56 Å². The molecule has 0 aliphatic heterocycles. The van der Waals surface area contributed by atoms with E-state index >= 15 is 0 Å². The molecule has 1 atom stereocenters. The number of benzene rings is 2. The van der Waals surface area contributed by atoms with Crippen LogP contribution in [0.3, 0.4) is 0 Å². The summed E-state index contributed by atoms with van der Waals surface area (Å²) in [6.45, 7) is 9.76. The quantitative estimate of drug-likeness (QED) is 0.347. The van der Waals surface area contributed by atoms with Gasteiger partial charge in [0.25, 0.3) is 5.69 Å². The molecule has 1 N–H and O–H groups in total. The Morgan fingerprint density at radius 2 is 1.77 bits per heavy atom. The third kappa shape index (κ3) is 7.17. The number of non-ortho nitro benzene ring substituents is 1. The molecule has 0 aromatic heterocycles. The molecule has 0 saturated carbocycles. The van der Waals surface area contributed by atoms with E-state index in [1.807, 2.05) is 19.9 Å². The summed E-state index contributed by atoms with van der Waals surface area (Å²) in [5, 5.41) is 14.1. The van der Waals surface area contributed by atoms with Gasteiger partial charge in [0.2, 0.25) is 15.9 Å². The normalized spacial score (nSPS) is 12.3. The highest BCUT2D eigenvalue weighted by atomic mass is 32.2. The SMILES string of the molecule is COc1cc(C)c([C@@H](C)NC(=O)CCCN(c2cc([N+](=O)[O-])ccc2C)S(C)(=O)=O)cc1C(C)C. The largest absolute Gasteiger partial charge is 0.496 e. The van der Waals surface area contributed by atoms with Crippen LogP contribution in [0.25, 0.3) is 0 Å². The van der Waals surface area contributed by atoms with Gasteiger partial charge in [0.05, 0.1) is 30.0 Å². The van der Waals surface area contributed by atoms with E-state index in [9.17, 15) is 23.3 Å². The lowest BCUT2D eigenvalue weighted by atomic mass is 9.93. The highest BCUT2D eigenvalue weighted by molar-refractivity contribution is 7.92. The minimum Gasteiger partial charge on any atom is -0.496 e. The van der Waals surface area contributed by atoms with Crippen molar-refractivity contribution in [3.63, 3.8) is 0 Å². The molecule has 192 valence electrons. The molecule has 35 heavy (non-hydrogen) atoms. The molecule has 0 aliphatic carbocycles. The summed E-state index contributed by atoms with van der Waals surface area (Å²) in [7, 11) is -2.07. The first kappa shape index (κ1) is 28.1. The Kier molecular flexibility index (Phi) is 9.25. The number of hydrogen-bond acceptors (Lipinski definition) is 6. The highest BCUT2D eigenvalue weighted by Gasteiger charge is 2.22. The number of methoxy groups -OCH3 is 1. The van der Waals surface area contributed by atoms with Crippen LogP contribution in [-0.2, 0) is 14.8 Å². The highest BCUT2D eigenvalue weighted by Crippen LogP contribution is 2.32. The van der Waals surface area contributed by atoms with Crippen LogP contribution in [0.5, 0.6) is 5.75 Å². The smallest absolute Gasteiger partial charge is 0.271 e. The first-order valence-electron chi connectivity index (χ1n) is 11.5. The second-order valence-corrected chi connectivity index (χ2v) is 11.0. The average molecular weight is 506 g/mol. The third-order valence-electron chi connectivity index (χ3n) is 5.92. The van der Waals surface area contributed by atoms with E-state index in [1.165, 1.54) is 18.2 Å². The van der Waals surface area contributed by atoms with E-state index in [0.717, 1.165) is 33.0 Å². The Balaban J connectivity index is 2.11. The fourth-order valence-electron chi connectivity index (χ4n) is 4.03. The molecule has 0 unspecified atom stereocenters. The molecule has 2 aromatic rings. The Morgan fingerprint density at radius 1 is 1.11 bits per heavy atom. The first-order valence-corrected chi connectivity index (χ1v) is 13.3.